The van der Waals surface area contributed by atoms with Gasteiger partial charge in [0.2, 0.25) is 0 Å². The number of nitrogens with zero attached hydrogens (tertiary/aromatic N) is 1. The highest BCUT2D eigenvalue weighted by atomic mass is 16.5. The van der Waals surface area contributed by atoms with Gasteiger partial charge in [-0.05, 0) is 36.8 Å². The molecule has 0 fully saturated rings. The van der Waals surface area contributed by atoms with Crippen LogP contribution in [0.2, 0.25) is 0 Å². The summed E-state index contributed by atoms with van der Waals surface area (Å²) in [6.07, 6.45) is 7.23. The van der Waals surface area contributed by atoms with Crippen molar-refractivity contribution in [2.75, 3.05) is 26.3 Å². The lowest BCUT2D eigenvalue weighted by molar-refractivity contribution is -1.02. The Balaban J connectivity index is 2.51. The van der Waals surface area contributed by atoms with E-state index < -0.39 is 0 Å². The molecule has 0 saturated heterocycles. The maximum atomic E-state index is 6.76. The lowest BCUT2D eigenvalue weighted by atomic mass is 9.72. The minimum atomic E-state index is 0.00758. The zero-order valence-electron chi connectivity index (χ0n) is 24.3. The van der Waals surface area contributed by atoms with E-state index in [4.69, 9.17) is 9.47 Å². The molecule has 0 aromatic heterocycles. The molecule has 2 aromatic carbocycles. The van der Waals surface area contributed by atoms with E-state index in [9.17, 15) is 0 Å². The first-order valence-corrected chi connectivity index (χ1v) is 14.5. The predicted octanol–water partition coefficient (Wildman–Crippen LogP) is 8.83. The summed E-state index contributed by atoms with van der Waals surface area (Å²) in [5, 5.41) is 0. The molecule has 0 amide bonds. The van der Waals surface area contributed by atoms with Crippen LogP contribution in [0.25, 0.3) is 0 Å². The summed E-state index contributed by atoms with van der Waals surface area (Å²) >= 11 is 0. The molecule has 0 aliphatic heterocycles. The first-order chi connectivity index (χ1) is 17.3. The normalized spacial score (nSPS) is 13.4. The summed E-state index contributed by atoms with van der Waals surface area (Å²) in [4.78, 5) is 0. The van der Waals surface area contributed by atoms with Crippen molar-refractivity contribution in [2.24, 2.45) is 11.8 Å². The summed E-state index contributed by atoms with van der Waals surface area (Å²) < 4.78 is 13.8. The van der Waals surface area contributed by atoms with Gasteiger partial charge in [0.1, 0.15) is 17.9 Å². The van der Waals surface area contributed by atoms with E-state index in [1.807, 2.05) is 30.3 Å². The molecule has 0 radical (unpaired) electrons. The second-order valence-corrected chi connectivity index (χ2v) is 11.4. The second-order valence-electron chi connectivity index (χ2n) is 11.4. The van der Waals surface area contributed by atoms with E-state index in [0.29, 0.717) is 25.0 Å². The maximum Gasteiger partial charge on any atom is 0.191 e. The van der Waals surface area contributed by atoms with Crippen LogP contribution in [0, 0.1) is 11.8 Å². The van der Waals surface area contributed by atoms with Gasteiger partial charge in [-0.15, -0.1) is 0 Å². The van der Waals surface area contributed by atoms with Crippen LogP contribution >= 0.6 is 0 Å². The van der Waals surface area contributed by atoms with Crippen LogP contribution in [0.3, 0.4) is 0 Å². The van der Waals surface area contributed by atoms with Crippen molar-refractivity contribution in [1.29, 1.82) is 0 Å². The Kier molecular flexibility index (Phi) is 13.0. The van der Waals surface area contributed by atoms with E-state index in [1.165, 1.54) is 31.2 Å². The summed E-state index contributed by atoms with van der Waals surface area (Å²) in [7, 11) is 0. The Morgan fingerprint density at radius 3 is 1.67 bits per heavy atom. The van der Waals surface area contributed by atoms with Gasteiger partial charge in [0.15, 0.2) is 6.23 Å². The minimum Gasteiger partial charge on any atom is -0.491 e. The van der Waals surface area contributed by atoms with Gasteiger partial charge in [-0.25, -0.2) is 0 Å². The average molecular weight is 497 g/mol. The van der Waals surface area contributed by atoms with Gasteiger partial charge in [-0.3, -0.25) is 4.48 Å². The average Bonchev–Trinajstić information content (AvgIpc) is 2.87. The fourth-order valence-electron chi connectivity index (χ4n) is 6.21. The highest BCUT2D eigenvalue weighted by Crippen LogP contribution is 2.48. The number of rotatable bonds is 18. The van der Waals surface area contributed by atoms with Crippen molar-refractivity contribution in [3.8, 4) is 5.75 Å². The van der Waals surface area contributed by atoms with Crippen LogP contribution < -0.4 is 4.74 Å². The fraction of sp³-hybridized carbons (Fsp3) is 0.636. The standard InChI is InChI=1S/C33H54NO2/c1-8-10-22-34(23-11-9-2,30(7)35-24-25-36-32-20-16-13-17-21-32)33(26-28(3)4,27-29(5)6)31-18-14-12-15-19-31/h12-21,28-30H,8-11,22-27H2,1-7H3/q+1. The van der Waals surface area contributed by atoms with Crippen molar-refractivity contribution in [3.63, 3.8) is 0 Å². The van der Waals surface area contributed by atoms with Gasteiger partial charge >= 0.3 is 0 Å². The van der Waals surface area contributed by atoms with Gasteiger partial charge in [0.25, 0.3) is 0 Å². The predicted molar refractivity (Wildman–Crippen MR) is 154 cm³/mol. The van der Waals surface area contributed by atoms with Crippen LogP contribution in [-0.2, 0) is 10.3 Å². The van der Waals surface area contributed by atoms with Crippen LogP contribution in [-0.4, -0.2) is 37.0 Å². The second kappa shape index (κ2) is 15.4. The number of para-hydroxylation sites is 1. The number of benzene rings is 2. The van der Waals surface area contributed by atoms with Gasteiger partial charge in [-0.1, -0.05) is 103 Å². The highest BCUT2D eigenvalue weighted by molar-refractivity contribution is 5.23. The first-order valence-electron chi connectivity index (χ1n) is 14.5. The summed E-state index contributed by atoms with van der Waals surface area (Å²) in [6.45, 7) is 20.0. The van der Waals surface area contributed by atoms with E-state index in [-0.39, 0.29) is 11.8 Å². The molecule has 0 aliphatic carbocycles. The molecule has 0 bridgehead atoms. The first kappa shape index (κ1) is 30.4. The summed E-state index contributed by atoms with van der Waals surface area (Å²) in [5.41, 5.74) is 1.49. The third-order valence-corrected chi connectivity index (χ3v) is 7.63. The van der Waals surface area contributed by atoms with Crippen LogP contribution in [0.5, 0.6) is 5.75 Å². The monoisotopic (exact) mass is 496 g/mol. The number of quaternary nitrogens is 1. The smallest absolute Gasteiger partial charge is 0.191 e. The van der Waals surface area contributed by atoms with Crippen LogP contribution in [0.15, 0.2) is 60.7 Å². The lowest BCUT2D eigenvalue weighted by Crippen LogP contribution is -2.68. The molecule has 2 rings (SSSR count). The van der Waals surface area contributed by atoms with Crippen molar-refractivity contribution in [3.05, 3.63) is 66.2 Å². The van der Waals surface area contributed by atoms with E-state index in [0.717, 1.165) is 36.2 Å². The largest absolute Gasteiger partial charge is 0.491 e. The Morgan fingerprint density at radius 1 is 0.694 bits per heavy atom. The van der Waals surface area contributed by atoms with E-state index >= 15 is 0 Å². The third kappa shape index (κ3) is 8.08. The Hall–Kier alpha value is -1.84. The van der Waals surface area contributed by atoms with Crippen molar-refractivity contribution in [2.45, 2.75) is 98.8 Å². The molecule has 3 nitrogen and oxygen atoms in total. The maximum absolute atomic E-state index is 6.76. The number of unbranched alkanes of at least 4 members (excludes halogenated alkanes) is 2. The molecule has 36 heavy (non-hydrogen) atoms. The van der Waals surface area contributed by atoms with Crippen LogP contribution in [0.4, 0.5) is 0 Å². The van der Waals surface area contributed by atoms with Gasteiger partial charge in [-0.2, -0.15) is 0 Å². The highest BCUT2D eigenvalue weighted by Gasteiger charge is 2.55. The number of hydrogen-bond acceptors (Lipinski definition) is 2. The molecule has 1 unspecified atom stereocenters. The molecule has 2 aromatic rings. The molecule has 0 saturated carbocycles. The minimum absolute atomic E-state index is 0.00758. The quantitative estimate of drug-likeness (QED) is 0.117. The fourth-order valence-corrected chi connectivity index (χ4v) is 6.21. The Labute approximate surface area is 222 Å². The molecule has 0 N–H and O–H groups in total. The zero-order valence-corrected chi connectivity index (χ0v) is 24.3. The molecule has 0 aliphatic rings. The number of hydrogen-bond donors (Lipinski definition) is 0. The molecule has 3 heteroatoms. The van der Waals surface area contributed by atoms with Crippen molar-refractivity contribution < 1.29 is 14.0 Å². The van der Waals surface area contributed by atoms with Crippen molar-refractivity contribution in [1.82, 2.24) is 0 Å². The summed E-state index contributed by atoms with van der Waals surface area (Å²) in [6, 6.07) is 21.5. The van der Waals surface area contributed by atoms with Crippen molar-refractivity contribution >= 4 is 0 Å². The zero-order chi connectivity index (χ0) is 26.4. The van der Waals surface area contributed by atoms with Gasteiger partial charge < -0.3 is 9.47 Å². The number of ether oxygens (including phenoxy) is 2. The SMILES string of the molecule is CCCC[N+](CCCC)(C(C)OCCOc1ccccc1)C(CC(C)C)(CC(C)C)c1ccccc1. The van der Waals surface area contributed by atoms with Gasteiger partial charge in [0.05, 0.1) is 19.7 Å². The van der Waals surface area contributed by atoms with E-state index in [1.54, 1.807) is 0 Å². The molecular formula is C33H54NO2+. The summed E-state index contributed by atoms with van der Waals surface area (Å²) in [5.74, 6) is 2.10. The van der Waals surface area contributed by atoms with Crippen LogP contribution in [0.1, 0.15) is 92.6 Å². The molecule has 1 atom stereocenters. The Bertz CT molecular complexity index is 800. The molecular weight excluding hydrogens is 442 g/mol. The topological polar surface area (TPSA) is 18.5 Å². The molecule has 0 heterocycles. The third-order valence-electron chi connectivity index (χ3n) is 7.63. The molecule has 202 valence electrons. The molecule has 0 spiro atoms. The Morgan fingerprint density at radius 2 is 1.19 bits per heavy atom. The van der Waals surface area contributed by atoms with E-state index in [2.05, 4.69) is 78.8 Å². The lowest BCUT2D eigenvalue weighted by Gasteiger charge is -2.58. The van der Waals surface area contributed by atoms with Gasteiger partial charge in [0, 0.05) is 25.3 Å².